The van der Waals surface area contributed by atoms with Gasteiger partial charge in [-0.1, -0.05) is 24.3 Å². The lowest BCUT2D eigenvalue weighted by molar-refractivity contribution is 0.00446. The molecule has 5 N–H and O–H groups in total. The zero-order chi connectivity index (χ0) is 24.5. The number of fused-ring (bicyclic) bond motifs is 1. The molecule has 4 atom stereocenters. The molecule has 0 saturated heterocycles. The van der Waals surface area contributed by atoms with Crippen LogP contribution in [0.5, 0.6) is 0 Å². The van der Waals surface area contributed by atoms with Crippen LogP contribution in [0.1, 0.15) is 17.7 Å². The van der Waals surface area contributed by atoms with Gasteiger partial charge in [0.15, 0.2) is 0 Å². The van der Waals surface area contributed by atoms with E-state index in [1.807, 2.05) is 31.2 Å². The second kappa shape index (κ2) is 9.82. The van der Waals surface area contributed by atoms with Crippen LogP contribution in [0.2, 0.25) is 0 Å². The number of aromatic nitrogens is 3. The van der Waals surface area contributed by atoms with Gasteiger partial charge in [0.2, 0.25) is 5.95 Å². The minimum atomic E-state index is -1.05. The van der Waals surface area contributed by atoms with E-state index < -0.39 is 24.2 Å². The van der Waals surface area contributed by atoms with Gasteiger partial charge < -0.3 is 26.0 Å². The summed E-state index contributed by atoms with van der Waals surface area (Å²) in [6.45, 7) is 2.05. The van der Waals surface area contributed by atoms with Crippen LogP contribution >= 0.6 is 11.3 Å². The van der Waals surface area contributed by atoms with Crippen molar-refractivity contribution in [3.8, 4) is 10.6 Å². The van der Waals surface area contributed by atoms with Crippen molar-refractivity contribution in [2.75, 3.05) is 17.2 Å². The summed E-state index contributed by atoms with van der Waals surface area (Å²) in [5.74, 6) is 0.123. The van der Waals surface area contributed by atoms with Crippen molar-refractivity contribution in [2.24, 2.45) is 5.92 Å². The molecule has 0 bridgehead atoms. The molecule has 0 amide bonds. The Morgan fingerprint density at radius 3 is 2.51 bits per heavy atom. The van der Waals surface area contributed by atoms with Crippen LogP contribution in [0, 0.1) is 18.7 Å². The molecule has 4 aromatic rings. The second-order valence-electron chi connectivity index (χ2n) is 8.73. The number of benzene rings is 2. The largest absolute Gasteiger partial charge is 0.396 e. The van der Waals surface area contributed by atoms with E-state index >= 15 is 0 Å². The first-order valence-electron chi connectivity index (χ1n) is 11.4. The molecular formula is C25H26FN5O3S. The first kappa shape index (κ1) is 23.6. The van der Waals surface area contributed by atoms with Gasteiger partial charge in [-0.3, -0.25) is 0 Å². The van der Waals surface area contributed by atoms with E-state index in [9.17, 15) is 19.7 Å². The van der Waals surface area contributed by atoms with Gasteiger partial charge in [-0.05, 0) is 43.2 Å². The summed E-state index contributed by atoms with van der Waals surface area (Å²) in [4.78, 5) is 14.1. The summed E-state index contributed by atoms with van der Waals surface area (Å²) >= 11 is 1.52. The minimum Gasteiger partial charge on any atom is -0.396 e. The number of thiazole rings is 1. The molecule has 0 radical (unpaired) electrons. The highest BCUT2D eigenvalue weighted by Crippen LogP contribution is 2.38. The number of para-hydroxylation sites is 1. The number of rotatable bonds is 7. The van der Waals surface area contributed by atoms with Crippen LogP contribution in [0.3, 0.4) is 0 Å². The Morgan fingerprint density at radius 1 is 1.03 bits per heavy atom. The molecule has 1 fully saturated rings. The van der Waals surface area contributed by atoms with Crippen molar-refractivity contribution >= 4 is 33.3 Å². The molecule has 10 heteroatoms. The molecule has 5 rings (SSSR count). The topological polar surface area (TPSA) is 123 Å². The maximum Gasteiger partial charge on any atom is 0.225 e. The van der Waals surface area contributed by atoms with E-state index in [1.54, 1.807) is 12.1 Å². The summed E-state index contributed by atoms with van der Waals surface area (Å²) < 4.78 is 14.3. The lowest BCUT2D eigenvalue weighted by atomic mass is 10.1. The fourth-order valence-electron chi connectivity index (χ4n) is 4.40. The van der Waals surface area contributed by atoms with E-state index in [-0.39, 0.29) is 12.4 Å². The maximum atomic E-state index is 13.2. The van der Waals surface area contributed by atoms with Crippen LogP contribution in [0.4, 0.5) is 16.2 Å². The number of aryl methyl sites for hydroxylation is 1. The predicted octanol–water partition coefficient (Wildman–Crippen LogP) is 3.33. The molecule has 1 aliphatic rings. The van der Waals surface area contributed by atoms with Crippen molar-refractivity contribution in [1.82, 2.24) is 15.0 Å². The van der Waals surface area contributed by atoms with Crippen molar-refractivity contribution < 1.29 is 19.7 Å². The van der Waals surface area contributed by atoms with E-state index in [4.69, 9.17) is 9.97 Å². The monoisotopic (exact) mass is 495 g/mol. The van der Waals surface area contributed by atoms with Gasteiger partial charge >= 0.3 is 0 Å². The molecule has 182 valence electrons. The van der Waals surface area contributed by atoms with Crippen LogP contribution in [-0.4, -0.2) is 55.1 Å². The van der Waals surface area contributed by atoms with Crippen LogP contribution in [-0.2, 0) is 6.54 Å². The Kier molecular flexibility index (Phi) is 6.61. The smallest absolute Gasteiger partial charge is 0.225 e. The number of halogens is 1. The quantitative estimate of drug-likeness (QED) is 0.265. The third-order valence-corrected chi connectivity index (χ3v) is 7.37. The summed E-state index contributed by atoms with van der Waals surface area (Å²) in [5.41, 5.74) is 3.15. The van der Waals surface area contributed by atoms with Gasteiger partial charge in [-0.2, -0.15) is 4.98 Å². The molecule has 0 spiro atoms. The number of anilines is 2. The SMILES string of the molecule is Cc1nc(NCc2ccc(F)cc2)nc(N[C@@H]2C[C@H](CO)[C@@H](O)[C@H]2O)c1-c1nc2ccccc2s1. The zero-order valence-corrected chi connectivity index (χ0v) is 19.8. The summed E-state index contributed by atoms with van der Waals surface area (Å²) in [7, 11) is 0. The van der Waals surface area contributed by atoms with Crippen molar-refractivity contribution in [3.05, 3.63) is 65.6 Å². The van der Waals surface area contributed by atoms with Crippen LogP contribution < -0.4 is 10.6 Å². The highest BCUT2D eigenvalue weighted by Gasteiger charge is 2.41. The Morgan fingerprint density at radius 2 is 1.80 bits per heavy atom. The van der Waals surface area contributed by atoms with Gasteiger partial charge in [0.25, 0.3) is 0 Å². The van der Waals surface area contributed by atoms with Gasteiger partial charge in [0.05, 0.1) is 33.6 Å². The summed E-state index contributed by atoms with van der Waals surface area (Å²) in [6, 6.07) is 13.5. The summed E-state index contributed by atoms with van der Waals surface area (Å²) in [6.07, 6.45) is -1.69. The molecule has 1 saturated carbocycles. The highest BCUT2D eigenvalue weighted by molar-refractivity contribution is 7.21. The minimum absolute atomic E-state index is 0.214. The lowest BCUT2D eigenvalue weighted by Gasteiger charge is -2.21. The third-order valence-electron chi connectivity index (χ3n) is 6.32. The van der Waals surface area contributed by atoms with Gasteiger partial charge in [-0.15, -0.1) is 11.3 Å². The normalized spacial score (nSPS) is 22.0. The second-order valence-corrected chi connectivity index (χ2v) is 9.76. The van der Waals surface area contributed by atoms with E-state index in [1.165, 1.54) is 23.5 Å². The summed E-state index contributed by atoms with van der Waals surface area (Å²) in [5, 5.41) is 37.7. The number of nitrogens with one attached hydrogen (secondary N) is 2. The van der Waals surface area contributed by atoms with E-state index in [0.29, 0.717) is 36.0 Å². The van der Waals surface area contributed by atoms with Crippen molar-refractivity contribution in [2.45, 2.75) is 38.1 Å². The molecule has 2 heterocycles. The first-order valence-corrected chi connectivity index (χ1v) is 12.2. The molecule has 2 aromatic heterocycles. The predicted molar refractivity (Wildman–Crippen MR) is 134 cm³/mol. The van der Waals surface area contributed by atoms with E-state index in [2.05, 4.69) is 15.6 Å². The molecule has 0 unspecified atom stereocenters. The first-order chi connectivity index (χ1) is 16.9. The standard InChI is InChI=1S/C25H26FN5O3S/c1-13-20(24-30-17-4-2-3-5-19(17)35-24)23(29-18-10-15(12-32)21(33)22(18)34)31-25(28-13)27-11-14-6-8-16(26)9-7-14/h2-9,15,18,21-22,32-34H,10-12H2,1H3,(H2,27,28,29,31)/t15-,18-,21-,22+/m1/s1. The fraction of sp³-hybridized carbons (Fsp3) is 0.320. The molecule has 35 heavy (non-hydrogen) atoms. The number of aliphatic hydroxyl groups is 3. The van der Waals surface area contributed by atoms with Crippen LogP contribution in [0.25, 0.3) is 20.8 Å². The van der Waals surface area contributed by atoms with Crippen LogP contribution in [0.15, 0.2) is 48.5 Å². The highest BCUT2D eigenvalue weighted by atomic mass is 32.1. The molecule has 8 nitrogen and oxygen atoms in total. The molecule has 0 aliphatic heterocycles. The Bertz CT molecular complexity index is 1300. The molecule has 2 aromatic carbocycles. The number of aliphatic hydroxyl groups excluding tert-OH is 3. The maximum absolute atomic E-state index is 13.2. The van der Waals surface area contributed by atoms with Crippen molar-refractivity contribution in [1.29, 1.82) is 0 Å². The average molecular weight is 496 g/mol. The lowest BCUT2D eigenvalue weighted by Crippen LogP contribution is -2.35. The Hall–Kier alpha value is -3.18. The van der Waals surface area contributed by atoms with Gasteiger partial charge in [0.1, 0.15) is 22.7 Å². The van der Waals surface area contributed by atoms with Gasteiger partial charge in [-0.25, -0.2) is 14.4 Å². The number of hydrogen-bond acceptors (Lipinski definition) is 9. The third kappa shape index (κ3) is 4.83. The zero-order valence-electron chi connectivity index (χ0n) is 19.0. The molecular weight excluding hydrogens is 469 g/mol. The fourth-order valence-corrected chi connectivity index (χ4v) is 5.46. The number of hydrogen-bond donors (Lipinski definition) is 5. The molecule has 1 aliphatic carbocycles. The Labute approximate surface area is 205 Å². The van der Waals surface area contributed by atoms with Crippen molar-refractivity contribution in [3.63, 3.8) is 0 Å². The van der Waals surface area contributed by atoms with E-state index in [0.717, 1.165) is 20.8 Å². The average Bonchev–Trinajstić information content (AvgIpc) is 3.39. The Balaban J connectivity index is 1.50. The van der Waals surface area contributed by atoms with Gasteiger partial charge in [0, 0.05) is 19.1 Å². The number of nitrogens with zero attached hydrogens (tertiary/aromatic N) is 3.